The van der Waals surface area contributed by atoms with E-state index >= 15 is 0 Å². The van der Waals surface area contributed by atoms with Gasteiger partial charge >= 0.3 is 0 Å². The second kappa shape index (κ2) is 6.68. The number of nitrogens with zero attached hydrogens (tertiary/aromatic N) is 2. The molecule has 5 nitrogen and oxygen atoms in total. The lowest BCUT2D eigenvalue weighted by Gasteiger charge is -2.21. The summed E-state index contributed by atoms with van der Waals surface area (Å²) in [5.74, 6) is 2.85. The molecule has 112 valence electrons. The molecule has 0 bridgehead atoms. The van der Waals surface area contributed by atoms with E-state index in [0.717, 1.165) is 50.1 Å². The van der Waals surface area contributed by atoms with Crippen LogP contribution in [0.2, 0.25) is 0 Å². The Bertz CT molecular complexity index is 409. The van der Waals surface area contributed by atoms with Gasteiger partial charge in [-0.3, -0.25) is 0 Å². The molecule has 0 radical (unpaired) electrons. The van der Waals surface area contributed by atoms with Gasteiger partial charge in [0.25, 0.3) is 0 Å². The van der Waals surface area contributed by atoms with E-state index in [9.17, 15) is 0 Å². The van der Waals surface area contributed by atoms with Crippen molar-refractivity contribution in [3.8, 4) is 0 Å². The molecule has 5 heteroatoms. The number of likely N-dealkylation sites (N-methyl/N-ethyl adjacent to an activating group) is 1. The molecule has 1 aromatic heterocycles. The molecule has 3 rings (SSSR count). The quantitative estimate of drug-likeness (QED) is 0.896. The molecule has 20 heavy (non-hydrogen) atoms. The van der Waals surface area contributed by atoms with E-state index in [-0.39, 0.29) is 0 Å². The Kier molecular flexibility index (Phi) is 4.68. The molecular weight excluding hydrogens is 254 g/mol. The first-order chi connectivity index (χ1) is 9.86. The van der Waals surface area contributed by atoms with Crippen LogP contribution in [0.4, 0.5) is 0 Å². The maximum Gasteiger partial charge on any atom is 0.228 e. The Hall–Kier alpha value is -0.940. The molecule has 1 saturated heterocycles. The summed E-state index contributed by atoms with van der Waals surface area (Å²) < 4.78 is 10.8. The van der Waals surface area contributed by atoms with Gasteiger partial charge in [-0.2, -0.15) is 4.98 Å². The van der Waals surface area contributed by atoms with Crippen LogP contribution in [0.25, 0.3) is 0 Å². The Morgan fingerprint density at radius 3 is 2.65 bits per heavy atom. The predicted molar refractivity (Wildman–Crippen MR) is 75.6 cm³/mol. The van der Waals surface area contributed by atoms with Crippen molar-refractivity contribution in [2.45, 2.75) is 56.9 Å². The van der Waals surface area contributed by atoms with E-state index in [1.807, 2.05) is 7.05 Å². The summed E-state index contributed by atoms with van der Waals surface area (Å²) in [4.78, 5) is 4.62. The molecule has 1 unspecified atom stereocenters. The molecule has 1 aliphatic heterocycles. The van der Waals surface area contributed by atoms with E-state index in [1.165, 1.54) is 25.7 Å². The third kappa shape index (κ3) is 3.20. The van der Waals surface area contributed by atoms with Crippen LogP contribution in [-0.4, -0.2) is 36.4 Å². The van der Waals surface area contributed by atoms with Gasteiger partial charge in [-0.1, -0.05) is 18.0 Å². The summed E-state index contributed by atoms with van der Waals surface area (Å²) in [6, 6.07) is 0.473. The highest BCUT2D eigenvalue weighted by Crippen LogP contribution is 2.29. The normalized spacial score (nSPS) is 23.2. The van der Waals surface area contributed by atoms with Crippen LogP contribution in [0.5, 0.6) is 0 Å². The fourth-order valence-corrected chi connectivity index (χ4v) is 3.52. The summed E-state index contributed by atoms with van der Waals surface area (Å²) in [5, 5.41) is 7.62. The lowest BCUT2D eigenvalue weighted by atomic mass is 9.95. The van der Waals surface area contributed by atoms with Crippen LogP contribution in [0.1, 0.15) is 56.2 Å². The van der Waals surface area contributed by atoms with Gasteiger partial charge in [-0.05, 0) is 38.6 Å². The molecular formula is C15H25N3O2. The van der Waals surface area contributed by atoms with Crippen molar-refractivity contribution in [3.63, 3.8) is 0 Å². The third-order valence-electron chi connectivity index (χ3n) is 4.80. The van der Waals surface area contributed by atoms with Crippen molar-refractivity contribution < 1.29 is 9.26 Å². The molecule has 2 aliphatic rings. The smallest absolute Gasteiger partial charge is 0.228 e. The Labute approximate surface area is 120 Å². The van der Waals surface area contributed by atoms with Crippen molar-refractivity contribution in [3.05, 3.63) is 11.7 Å². The summed E-state index contributed by atoms with van der Waals surface area (Å²) >= 11 is 0. The lowest BCUT2D eigenvalue weighted by Crippen LogP contribution is -2.34. The predicted octanol–water partition coefficient (Wildman–Crippen LogP) is 2.28. The number of nitrogens with one attached hydrogen (secondary N) is 1. The fourth-order valence-electron chi connectivity index (χ4n) is 3.52. The molecule has 0 aromatic carbocycles. The van der Waals surface area contributed by atoms with Gasteiger partial charge < -0.3 is 14.6 Å². The highest BCUT2D eigenvalue weighted by Gasteiger charge is 2.27. The van der Waals surface area contributed by atoms with E-state index in [2.05, 4.69) is 15.5 Å². The maximum absolute atomic E-state index is 5.47. The summed E-state index contributed by atoms with van der Waals surface area (Å²) in [7, 11) is 2.04. The van der Waals surface area contributed by atoms with Gasteiger partial charge in [0.15, 0.2) is 5.82 Å². The standard InChI is InChI=1S/C15H25N3O2/c1-16-13(11-4-2-3-5-11)10-14-17-15(18-20-14)12-6-8-19-9-7-12/h11-13,16H,2-10H2,1H3. The second-order valence-electron chi connectivity index (χ2n) is 6.08. The zero-order chi connectivity index (χ0) is 13.8. The lowest BCUT2D eigenvalue weighted by molar-refractivity contribution is 0.0830. The number of rotatable bonds is 5. The van der Waals surface area contributed by atoms with Crippen LogP contribution in [0, 0.1) is 5.92 Å². The topological polar surface area (TPSA) is 60.2 Å². The summed E-state index contributed by atoms with van der Waals surface area (Å²) in [5.41, 5.74) is 0. The van der Waals surface area contributed by atoms with E-state index < -0.39 is 0 Å². The first kappa shape index (κ1) is 14.0. The van der Waals surface area contributed by atoms with Crippen molar-refractivity contribution in [1.82, 2.24) is 15.5 Å². The number of hydrogen-bond donors (Lipinski definition) is 1. The van der Waals surface area contributed by atoms with Crippen LogP contribution >= 0.6 is 0 Å². The summed E-state index contributed by atoms with van der Waals surface area (Å²) in [6.07, 6.45) is 8.25. The largest absolute Gasteiger partial charge is 0.381 e. The highest BCUT2D eigenvalue weighted by molar-refractivity contribution is 4.98. The molecule has 1 aliphatic carbocycles. The average Bonchev–Trinajstić information content (AvgIpc) is 3.17. The minimum absolute atomic E-state index is 0.417. The third-order valence-corrected chi connectivity index (χ3v) is 4.80. The fraction of sp³-hybridized carbons (Fsp3) is 0.867. The SMILES string of the molecule is CNC(Cc1nc(C2CCOCC2)no1)C1CCCC1. The molecule has 1 saturated carbocycles. The number of aromatic nitrogens is 2. The van der Waals surface area contributed by atoms with Gasteiger partial charge in [-0.25, -0.2) is 0 Å². The number of ether oxygens (including phenoxy) is 1. The monoisotopic (exact) mass is 279 g/mol. The summed E-state index contributed by atoms with van der Waals surface area (Å²) in [6.45, 7) is 1.63. The molecule has 1 aromatic rings. The average molecular weight is 279 g/mol. The zero-order valence-electron chi connectivity index (χ0n) is 12.3. The highest BCUT2D eigenvalue weighted by atomic mass is 16.5. The van der Waals surface area contributed by atoms with Crippen LogP contribution in [0.15, 0.2) is 4.52 Å². The van der Waals surface area contributed by atoms with Crippen molar-refractivity contribution in [2.24, 2.45) is 5.92 Å². The number of hydrogen-bond acceptors (Lipinski definition) is 5. The zero-order valence-corrected chi connectivity index (χ0v) is 12.3. The molecule has 2 fully saturated rings. The van der Waals surface area contributed by atoms with Gasteiger partial charge in [0.2, 0.25) is 5.89 Å². The van der Waals surface area contributed by atoms with Crippen molar-refractivity contribution >= 4 is 0 Å². The van der Waals surface area contributed by atoms with Crippen LogP contribution < -0.4 is 5.32 Å². The molecule has 2 heterocycles. The second-order valence-corrected chi connectivity index (χ2v) is 6.08. The van der Waals surface area contributed by atoms with Gasteiger partial charge in [0.05, 0.1) is 0 Å². The molecule has 1 atom stereocenters. The van der Waals surface area contributed by atoms with E-state index in [1.54, 1.807) is 0 Å². The minimum atomic E-state index is 0.417. The Morgan fingerprint density at radius 2 is 1.95 bits per heavy atom. The first-order valence-corrected chi connectivity index (χ1v) is 7.94. The van der Waals surface area contributed by atoms with Crippen molar-refractivity contribution in [1.29, 1.82) is 0 Å². The van der Waals surface area contributed by atoms with Crippen LogP contribution in [0.3, 0.4) is 0 Å². The first-order valence-electron chi connectivity index (χ1n) is 7.94. The van der Waals surface area contributed by atoms with Gasteiger partial charge in [-0.15, -0.1) is 0 Å². The van der Waals surface area contributed by atoms with E-state index in [0.29, 0.717) is 12.0 Å². The maximum atomic E-state index is 5.47. The molecule has 0 amide bonds. The van der Waals surface area contributed by atoms with Gasteiger partial charge in [0, 0.05) is 31.6 Å². The Balaban J connectivity index is 1.60. The Morgan fingerprint density at radius 1 is 1.20 bits per heavy atom. The van der Waals surface area contributed by atoms with Crippen LogP contribution in [-0.2, 0) is 11.2 Å². The van der Waals surface area contributed by atoms with Gasteiger partial charge in [0.1, 0.15) is 0 Å². The van der Waals surface area contributed by atoms with Crippen molar-refractivity contribution in [2.75, 3.05) is 20.3 Å². The molecule has 1 N–H and O–H groups in total. The van der Waals surface area contributed by atoms with E-state index in [4.69, 9.17) is 9.26 Å². The minimum Gasteiger partial charge on any atom is -0.381 e. The molecule has 0 spiro atoms.